The molecule has 0 aliphatic rings. The second kappa shape index (κ2) is 7.99. The SMILES string of the molecule is CCCNCc1ccc(-c2ccc(CC(C)C)cc2)cc1. The lowest BCUT2D eigenvalue weighted by molar-refractivity contribution is 0.647. The van der Waals surface area contributed by atoms with Crippen LogP contribution in [-0.4, -0.2) is 6.54 Å². The monoisotopic (exact) mass is 281 g/mol. The van der Waals surface area contributed by atoms with Crippen LogP contribution in [0.2, 0.25) is 0 Å². The molecule has 0 saturated carbocycles. The fourth-order valence-electron chi connectivity index (χ4n) is 2.53. The van der Waals surface area contributed by atoms with Crippen molar-refractivity contribution in [1.82, 2.24) is 5.32 Å². The van der Waals surface area contributed by atoms with E-state index in [2.05, 4.69) is 74.6 Å². The van der Waals surface area contributed by atoms with Gasteiger partial charge in [0.1, 0.15) is 0 Å². The van der Waals surface area contributed by atoms with Gasteiger partial charge in [0, 0.05) is 6.54 Å². The molecule has 0 amide bonds. The first-order chi connectivity index (χ1) is 10.2. The van der Waals surface area contributed by atoms with E-state index in [4.69, 9.17) is 0 Å². The van der Waals surface area contributed by atoms with Crippen LogP contribution < -0.4 is 5.32 Å². The van der Waals surface area contributed by atoms with Gasteiger partial charge in [-0.1, -0.05) is 69.3 Å². The number of nitrogens with one attached hydrogen (secondary N) is 1. The van der Waals surface area contributed by atoms with E-state index in [1.165, 1.54) is 28.7 Å². The van der Waals surface area contributed by atoms with Gasteiger partial charge in [-0.2, -0.15) is 0 Å². The van der Waals surface area contributed by atoms with Gasteiger partial charge >= 0.3 is 0 Å². The molecule has 1 N–H and O–H groups in total. The van der Waals surface area contributed by atoms with E-state index in [9.17, 15) is 0 Å². The molecular formula is C20H27N. The van der Waals surface area contributed by atoms with Gasteiger partial charge in [-0.15, -0.1) is 0 Å². The Morgan fingerprint density at radius 1 is 0.810 bits per heavy atom. The molecule has 0 aliphatic carbocycles. The molecule has 0 aromatic heterocycles. The van der Waals surface area contributed by atoms with Crippen LogP contribution in [0.15, 0.2) is 48.5 Å². The van der Waals surface area contributed by atoms with E-state index < -0.39 is 0 Å². The molecule has 112 valence electrons. The lowest BCUT2D eigenvalue weighted by Gasteiger charge is -2.08. The molecule has 0 radical (unpaired) electrons. The largest absolute Gasteiger partial charge is 0.313 e. The maximum atomic E-state index is 3.44. The molecule has 0 heterocycles. The minimum absolute atomic E-state index is 0.714. The standard InChI is InChI=1S/C20H27N/c1-4-13-21-15-18-7-11-20(12-8-18)19-9-5-17(6-10-19)14-16(2)3/h5-12,16,21H,4,13-15H2,1-3H3. The van der Waals surface area contributed by atoms with Crippen molar-refractivity contribution in [3.63, 3.8) is 0 Å². The predicted octanol–water partition coefficient (Wildman–Crippen LogP) is 5.05. The van der Waals surface area contributed by atoms with Crippen molar-refractivity contribution in [3.05, 3.63) is 59.7 Å². The molecule has 0 aliphatic heterocycles. The third kappa shape index (κ3) is 5.02. The van der Waals surface area contributed by atoms with E-state index in [0.29, 0.717) is 5.92 Å². The van der Waals surface area contributed by atoms with Crippen LogP contribution in [0, 0.1) is 5.92 Å². The zero-order chi connectivity index (χ0) is 15.1. The average molecular weight is 281 g/mol. The maximum Gasteiger partial charge on any atom is 0.0205 e. The zero-order valence-electron chi connectivity index (χ0n) is 13.5. The lowest BCUT2D eigenvalue weighted by Crippen LogP contribution is -2.13. The summed E-state index contributed by atoms with van der Waals surface area (Å²) >= 11 is 0. The number of hydrogen-bond donors (Lipinski definition) is 1. The molecule has 0 saturated heterocycles. The summed E-state index contributed by atoms with van der Waals surface area (Å²) in [5, 5.41) is 3.44. The molecule has 2 rings (SSSR count). The zero-order valence-corrected chi connectivity index (χ0v) is 13.5. The first-order valence-corrected chi connectivity index (χ1v) is 8.08. The van der Waals surface area contributed by atoms with Gasteiger partial charge < -0.3 is 5.32 Å². The molecule has 1 nitrogen and oxygen atoms in total. The minimum atomic E-state index is 0.714. The molecule has 0 spiro atoms. The Morgan fingerprint density at radius 3 is 1.81 bits per heavy atom. The van der Waals surface area contributed by atoms with Crippen molar-refractivity contribution in [3.8, 4) is 11.1 Å². The average Bonchev–Trinajstić information content (AvgIpc) is 2.49. The summed E-state index contributed by atoms with van der Waals surface area (Å²) in [6.07, 6.45) is 2.34. The molecule has 2 aromatic rings. The van der Waals surface area contributed by atoms with Crippen molar-refractivity contribution in [2.45, 2.75) is 40.2 Å². The number of hydrogen-bond acceptors (Lipinski definition) is 1. The first kappa shape index (κ1) is 15.8. The van der Waals surface area contributed by atoms with Crippen LogP contribution in [-0.2, 0) is 13.0 Å². The first-order valence-electron chi connectivity index (χ1n) is 8.08. The molecule has 1 heteroatoms. The Balaban J connectivity index is 2.01. The van der Waals surface area contributed by atoms with E-state index in [0.717, 1.165) is 19.5 Å². The van der Waals surface area contributed by atoms with Crippen LogP contribution in [0.5, 0.6) is 0 Å². The third-order valence-electron chi connectivity index (χ3n) is 3.64. The highest BCUT2D eigenvalue weighted by Gasteiger charge is 2.01. The van der Waals surface area contributed by atoms with Gasteiger partial charge in [0.25, 0.3) is 0 Å². The summed E-state index contributed by atoms with van der Waals surface area (Å²) in [6.45, 7) is 8.76. The van der Waals surface area contributed by atoms with Crippen molar-refractivity contribution in [2.75, 3.05) is 6.54 Å². The van der Waals surface area contributed by atoms with Crippen LogP contribution >= 0.6 is 0 Å². The summed E-state index contributed by atoms with van der Waals surface area (Å²) in [7, 11) is 0. The van der Waals surface area contributed by atoms with Crippen molar-refractivity contribution >= 4 is 0 Å². The molecule has 21 heavy (non-hydrogen) atoms. The highest BCUT2D eigenvalue weighted by Crippen LogP contribution is 2.21. The van der Waals surface area contributed by atoms with E-state index in [-0.39, 0.29) is 0 Å². The quantitative estimate of drug-likeness (QED) is 0.700. The predicted molar refractivity (Wildman–Crippen MR) is 92.4 cm³/mol. The summed E-state index contributed by atoms with van der Waals surface area (Å²) in [6, 6.07) is 17.9. The normalized spacial score (nSPS) is 11.0. The van der Waals surface area contributed by atoms with Gasteiger partial charge in [-0.25, -0.2) is 0 Å². The van der Waals surface area contributed by atoms with Crippen molar-refractivity contribution < 1.29 is 0 Å². The van der Waals surface area contributed by atoms with Gasteiger partial charge in [0.2, 0.25) is 0 Å². The van der Waals surface area contributed by atoms with E-state index in [1.807, 2.05) is 0 Å². The van der Waals surface area contributed by atoms with Crippen LogP contribution in [0.4, 0.5) is 0 Å². The second-order valence-electron chi connectivity index (χ2n) is 6.17. The minimum Gasteiger partial charge on any atom is -0.313 e. The Hall–Kier alpha value is -1.60. The van der Waals surface area contributed by atoms with Gasteiger partial charge in [-0.3, -0.25) is 0 Å². The number of rotatable bonds is 7. The van der Waals surface area contributed by atoms with E-state index >= 15 is 0 Å². The summed E-state index contributed by atoms with van der Waals surface area (Å²) < 4.78 is 0. The lowest BCUT2D eigenvalue weighted by atomic mass is 9.98. The summed E-state index contributed by atoms with van der Waals surface area (Å²) in [4.78, 5) is 0. The summed E-state index contributed by atoms with van der Waals surface area (Å²) in [5.41, 5.74) is 5.37. The topological polar surface area (TPSA) is 12.0 Å². The molecule has 0 bridgehead atoms. The molecule has 0 unspecified atom stereocenters. The maximum absolute atomic E-state index is 3.44. The van der Waals surface area contributed by atoms with Gasteiger partial charge in [0.05, 0.1) is 0 Å². The van der Waals surface area contributed by atoms with Crippen LogP contribution in [0.1, 0.15) is 38.3 Å². The molecule has 2 aromatic carbocycles. The number of benzene rings is 2. The van der Waals surface area contributed by atoms with Gasteiger partial charge in [-0.05, 0) is 47.6 Å². The van der Waals surface area contributed by atoms with Gasteiger partial charge in [0.15, 0.2) is 0 Å². The van der Waals surface area contributed by atoms with Crippen molar-refractivity contribution in [1.29, 1.82) is 0 Å². The fourth-order valence-corrected chi connectivity index (χ4v) is 2.53. The second-order valence-corrected chi connectivity index (χ2v) is 6.17. The highest BCUT2D eigenvalue weighted by atomic mass is 14.8. The highest BCUT2D eigenvalue weighted by molar-refractivity contribution is 5.63. The molecule has 0 atom stereocenters. The fraction of sp³-hybridized carbons (Fsp3) is 0.400. The Kier molecular flexibility index (Phi) is 6.01. The smallest absolute Gasteiger partial charge is 0.0205 e. The van der Waals surface area contributed by atoms with Crippen LogP contribution in [0.25, 0.3) is 11.1 Å². The molecule has 0 fully saturated rings. The summed E-state index contributed by atoms with van der Waals surface area (Å²) in [5.74, 6) is 0.714. The Morgan fingerprint density at radius 2 is 1.33 bits per heavy atom. The Labute approximate surface area is 129 Å². The van der Waals surface area contributed by atoms with E-state index in [1.54, 1.807) is 0 Å². The molecular weight excluding hydrogens is 254 g/mol. The Bertz CT molecular complexity index is 523. The van der Waals surface area contributed by atoms with Crippen LogP contribution in [0.3, 0.4) is 0 Å². The third-order valence-corrected chi connectivity index (χ3v) is 3.64. The van der Waals surface area contributed by atoms with Crippen molar-refractivity contribution in [2.24, 2.45) is 5.92 Å².